The van der Waals surface area contributed by atoms with Crippen molar-refractivity contribution in [3.63, 3.8) is 0 Å². The number of ether oxygens (including phenoxy) is 1. The van der Waals surface area contributed by atoms with Gasteiger partial charge in [0, 0.05) is 31.9 Å². The van der Waals surface area contributed by atoms with Crippen LogP contribution in [0.3, 0.4) is 0 Å². The molecule has 2 saturated heterocycles. The molecule has 0 bridgehead atoms. The zero-order valence-corrected chi connectivity index (χ0v) is 14.1. The van der Waals surface area contributed by atoms with E-state index in [4.69, 9.17) is 10.5 Å². The zero-order chi connectivity index (χ0) is 16.6. The third-order valence-corrected chi connectivity index (χ3v) is 5.12. The van der Waals surface area contributed by atoms with Gasteiger partial charge in [-0.3, -0.25) is 0 Å². The normalized spacial score (nSPS) is 23.6. The van der Waals surface area contributed by atoms with E-state index < -0.39 is 0 Å². The monoisotopic (exact) mass is 328 g/mol. The van der Waals surface area contributed by atoms with E-state index in [1.807, 2.05) is 31.3 Å². The van der Waals surface area contributed by atoms with Crippen LogP contribution in [0.15, 0.2) is 24.4 Å². The number of nitrogens with zero attached hydrogens (tertiary/aromatic N) is 5. The number of aryl methyl sites for hydroxylation is 1. The van der Waals surface area contributed by atoms with E-state index in [1.54, 1.807) is 4.68 Å². The van der Waals surface area contributed by atoms with Crippen LogP contribution in [0.25, 0.3) is 5.82 Å². The second kappa shape index (κ2) is 6.14. The number of nitrogens with two attached hydrogens (primary N) is 1. The lowest BCUT2D eigenvalue weighted by Gasteiger charge is -2.45. The van der Waals surface area contributed by atoms with Crippen molar-refractivity contribution in [2.45, 2.75) is 44.2 Å². The van der Waals surface area contributed by atoms with Gasteiger partial charge in [-0.1, -0.05) is 0 Å². The quantitative estimate of drug-likeness (QED) is 0.898. The molecule has 24 heavy (non-hydrogen) atoms. The Labute approximate surface area is 141 Å². The highest BCUT2D eigenvalue weighted by Crippen LogP contribution is 2.35. The molecular formula is C17H24N6O. The molecule has 2 fully saturated rings. The summed E-state index contributed by atoms with van der Waals surface area (Å²) in [6, 6.07) is 6.22. The summed E-state index contributed by atoms with van der Waals surface area (Å²) in [5, 5.41) is 13.1. The summed E-state index contributed by atoms with van der Waals surface area (Å²) in [5.41, 5.74) is 7.08. The van der Waals surface area contributed by atoms with E-state index in [2.05, 4.69) is 20.2 Å². The number of piperidine rings is 1. The topological polar surface area (TPSA) is 82.1 Å². The molecule has 0 radical (unpaired) electrons. The summed E-state index contributed by atoms with van der Waals surface area (Å²) >= 11 is 0. The highest BCUT2D eigenvalue weighted by molar-refractivity contribution is 5.40. The molecule has 0 aromatic carbocycles. The Morgan fingerprint density at radius 1 is 1.17 bits per heavy atom. The van der Waals surface area contributed by atoms with Crippen LogP contribution in [0.4, 0.5) is 5.82 Å². The molecule has 2 aliphatic heterocycles. The maximum Gasteiger partial charge on any atom is 0.175 e. The Hall–Kier alpha value is -1.99. The summed E-state index contributed by atoms with van der Waals surface area (Å²) in [6.07, 6.45) is 5.85. The van der Waals surface area contributed by atoms with Crippen LogP contribution in [0.5, 0.6) is 0 Å². The van der Waals surface area contributed by atoms with E-state index in [0.29, 0.717) is 0 Å². The van der Waals surface area contributed by atoms with Gasteiger partial charge in [0.2, 0.25) is 0 Å². The molecule has 0 saturated carbocycles. The van der Waals surface area contributed by atoms with Gasteiger partial charge in [0.05, 0.1) is 11.3 Å². The van der Waals surface area contributed by atoms with Gasteiger partial charge in [0.25, 0.3) is 0 Å². The summed E-state index contributed by atoms with van der Waals surface area (Å²) in [7, 11) is 0. The molecule has 0 aliphatic carbocycles. The van der Waals surface area contributed by atoms with Gasteiger partial charge >= 0.3 is 0 Å². The smallest absolute Gasteiger partial charge is 0.175 e. The second-order valence-electron chi connectivity index (χ2n) is 6.92. The van der Waals surface area contributed by atoms with Gasteiger partial charge in [0.1, 0.15) is 0 Å². The molecule has 4 rings (SSSR count). The first-order valence-electron chi connectivity index (χ1n) is 8.64. The van der Waals surface area contributed by atoms with Crippen molar-refractivity contribution in [3.05, 3.63) is 30.1 Å². The average molecular weight is 328 g/mol. The molecule has 0 amide bonds. The lowest BCUT2D eigenvalue weighted by atomic mass is 9.82. The highest BCUT2D eigenvalue weighted by Gasteiger charge is 2.39. The van der Waals surface area contributed by atoms with Gasteiger partial charge in [-0.25, -0.2) is 4.68 Å². The van der Waals surface area contributed by atoms with E-state index >= 15 is 0 Å². The van der Waals surface area contributed by atoms with Crippen molar-refractivity contribution in [2.75, 3.05) is 24.6 Å². The summed E-state index contributed by atoms with van der Waals surface area (Å²) in [5.74, 6) is 1.65. The van der Waals surface area contributed by atoms with Crippen LogP contribution in [-0.4, -0.2) is 51.3 Å². The van der Waals surface area contributed by atoms with E-state index in [0.717, 1.165) is 62.7 Å². The summed E-state index contributed by atoms with van der Waals surface area (Å²) < 4.78 is 7.83. The van der Waals surface area contributed by atoms with Crippen LogP contribution in [-0.2, 0) is 4.74 Å². The fourth-order valence-corrected chi connectivity index (χ4v) is 3.71. The first-order valence-corrected chi connectivity index (χ1v) is 8.64. The van der Waals surface area contributed by atoms with Crippen molar-refractivity contribution >= 4 is 5.82 Å². The Bertz CT molecular complexity index is 689. The lowest BCUT2D eigenvalue weighted by molar-refractivity contribution is -0.0977. The Balaban J connectivity index is 1.42. The Kier molecular flexibility index (Phi) is 3.97. The number of hydrogen-bond acceptors (Lipinski definition) is 6. The molecule has 2 aliphatic rings. The molecule has 1 unspecified atom stereocenters. The maximum absolute atomic E-state index is 6.14. The molecule has 2 N–H and O–H groups in total. The van der Waals surface area contributed by atoms with Crippen LogP contribution < -0.4 is 10.6 Å². The van der Waals surface area contributed by atoms with Gasteiger partial charge in [-0.05, 0) is 50.8 Å². The van der Waals surface area contributed by atoms with E-state index in [1.165, 1.54) is 0 Å². The molecule has 2 aromatic rings. The van der Waals surface area contributed by atoms with Gasteiger partial charge in [-0.2, -0.15) is 5.10 Å². The number of rotatable bonds is 2. The van der Waals surface area contributed by atoms with Crippen molar-refractivity contribution < 1.29 is 4.74 Å². The largest absolute Gasteiger partial charge is 0.375 e. The van der Waals surface area contributed by atoms with E-state index in [-0.39, 0.29) is 11.6 Å². The standard InChI is InChI=1S/C17H24N6O/c1-13-4-8-23(21-13)16-3-2-15(19-20-16)22-9-6-17(7-10-22)12-14(18)5-11-24-17/h2-4,8,14H,5-7,9-12,18H2,1H3. The molecule has 4 heterocycles. The Morgan fingerprint density at radius 3 is 2.54 bits per heavy atom. The highest BCUT2D eigenvalue weighted by atomic mass is 16.5. The molecular weight excluding hydrogens is 304 g/mol. The van der Waals surface area contributed by atoms with Crippen LogP contribution in [0.2, 0.25) is 0 Å². The minimum atomic E-state index is -0.0197. The lowest BCUT2D eigenvalue weighted by Crippen LogP contribution is -2.52. The maximum atomic E-state index is 6.14. The third-order valence-electron chi connectivity index (χ3n) is 5.12. The number of anilines is 1. The fraction of sp³-hybridized carbons (Fsp3) is 0.588. The number of aromatic nitrogens is 4. The van der Waals surface area contributed by atoms with Crippen LogP contribution in [0, 0.1) is 6.92 Å². The Morgan fingerprint density at radius 2 is 1.92 bits per heavy atom. The second-order valence-corrected chi connectivity index (χ2v) is 6.92. The number of hydrogen-bond donors (Lipinski definition) is 1. The molecule has 128 valence electrons. The van der Waals surface area contributed by atoms with Crippen molar-refractivity contribution in [2.24, 2.45) is 5.73 Å². The van der Waals surface area contributed by atoms with Gasteiger partial charge < -0.3 is 15.4 Å². The van der Waals surface area contributed by atoms with Crippen LogP contribution in [0.1, 0.15) is 31.4 Å². The van der Waals surface area contributed by atoms with Crippen molar-refractivity contribution in [1.82, 2.24) is 20.0 Å². The molecule has 7 heteroatoms. The van der Waals surface area contributed by atoms with Gasteiger partial charge in [0.15, 0.2) is 11.6 Å². The zero-order valence-electron chi connectivity index (χ0n) is 14.1. The predicted molar refractivity (Wildman–Crippen MR) is 91.2 cm³/mol. The summed E-state index contributed by atoms with van der Waals surface area (Å²) in [4.78, 5) is 2.28. The third kappa shape index (κ3) is 3.01. The van der Waals surface area contributed by atoms with Crippen molar-refractivity contribution in [1.29, 1.82) is 0 Å². The van der Waals surface area contributed by atoms with Crippen LogP contribution >= 0.6 is 0 Å². The van der Waals surface area contributed by atoms with Gasteiger partial charge in [-0.15, -0.1) is 10.2 Å². The minimum absolute atomic E-state index is 0.0197. The first-order chi connectivity index (χ1) is 11.6. The average Bonchev–Trinajstić information content (AvgIpc) is 3.02. The molecule has 1 spiro atoms. The molecule has 1 atom stereocenters. The molecule has 7 nitrogen and oxygen atoms in total. The minimum Gasteiger partial charge on any atom is -0.375 e. The SMILES string of the molecule is Cc1ccn(-c2ccc(N3CCC4(CC3)CC(N)CCO4)nn2)n1. The van der Waals surface area contributed by atoms with E-state index in [9.17, 15) is 0 Å². The first kappa shape index (κ1) is 15.5. The fourth-order valence-electron chi connectivity index (χ4n) is 3.71. The van der Waals surface area contributed by atoms with Crippen molar-refractivity contribution in [3.8, 4) is 5.82 Å². The summed E-state index contributed by atoms with van der Waals surface area (Å²) in [6.45, 7) is 4.61. The predicted octanol–water partition coefficient (Wildman–Crippen LogP) is 1.45. The molecule has 2 aromatic heterocycles.